The van der Waals surface area contributed by atoms with Crippen molar-refractivity contribution in [1.82, 2.24) is 4.90 Å². The van der Waals surface area contributed by atoms with Gasteiger partial charge in [-0.25, -0.2) is 4.99 Å². The Morgan fingerprint density at radius 1 is 1.48 bits per heavy atom. The first-order valence-corrected chi connectivity index (χ1v) is 6.77. The van der Waals surface area contributed by atoms with Gasteiger partial charge in [-0.05, 0) is 25.1 Å². The predicted molar refractivity (Wildman–Crippen MR) is 90.4 cm³/mol. The second-order valence-corrected chi connectivity index (χ2v) is 4.61. The molecule has 0 saturated heterocycles. The lowest BCUT2D eigenvalue weighted by molar-refractivity contribution is 0.0778. The summed E-state index contributed by atoms with van der Waals surface area (Å²) in [7, 11) is 3.10. The molecule has 0 bridgehead atoms. The topological polar surface area (TPSA) is 133 Å². The van der Waals surface area contributed by atoms with Crippen molar-refractivity contribution in [3.05, 3.63) is 35.4 Å². The second kappa shape index (κ2) is 8.29. The summed E-state index contributed by atoms with van der Waals surface area (Å²) >= 11 is 0. The van der Waals surface area contributed by atoms with Gasteiger partial charge in [-0.15, -0.1) is 0 Å². The molecule has 0 heterocycles. The Morgan fingerprint density at radius 2 is 2.17 bits per heavy atom. The number of carbonyl (C=O) groups excluding carboxylic acids is 1. The van der Waals surface area contributed by atoms with Crippen LogP contribution >= 0.6 is 0 Å². The molecule has 120 valence electrons. The number of hydrogen-bond donors (Lipinski definition) is 2. The highest BCUT2D eigenvalue weighted by Gasteiger charge is 2.22. The fourth-order valence-corrected chi connectivity index (χ4v) is 1.75. The molecule has 0 radical (unpaired) electrons. The van der Waals surface area contributed by atoms with Crippen LogP contribution in [0.25, 0.3) is 0 Å². The lowest BCUT2D eigenvalue weighted by atomic mass is 10.1. The zero-order chi connectivity index (χ0) is 17.4. The van der Waals surface area contributed by atoms with Crippen molar-refractivity contribution in [2.45, 2.75) is 13.0 Å². The van der Waals surface area contributed by atoms with Gasteiger partial charge in [0.1, 0.15) is 0 Å². The molecule has 0 aliphatic carbocycles. The molecule has 1 rings (SSSR count). The summed E-state index contributed by atoms with van der Waals surface area (Å²) in [5, 5.41) is 8.92. The Hall–Kier alpha value is -3.21. The number of nitrogens with zero attached hydrogens (tertiary/aromatic N) is 5. The smallest absolute Gasteiger partial charge is 0.254 e. The third kappa shape index (κ3) is 4.64. The van der Waals surface area contributed by atoms with Crippen molar-refractivity contribution in [2.75, 3.05) is 14.1 Å². The average Bonchev–Trinajstić information content (AvgIpc) is 2.59. The lowest BCUT2D eigenvalue weighted by Crippen LogP contribution is -2.40. The third-order valence-electron chi connectivity index (χ3n) is 3.18. The highest BCUT2D eigenvalue weighted by molar-refractivity contribution is 6.04. The summed E-state index contributed by atoms with van der Waals surface area (Å²) in [4.78, 5) is 25.7. The number of amidine groups is 1. The molecule has 0 aliphatic heterocycles. The van der Waals surface area contributed by atoms with E-state index in [-0.39, 0.29) is 17.7 Å². The van der Waals surface area contributed by atoms with E-state index in [2.05, 4.69) is 15.0 Å². The van der Waals surface area contributed by atoms with Crippen LogP contribution in [0.4, 0.5) is 0 Å². The number of nitriles is 1. The molecule has 0 aromatic heterocycles. The van der Waals surface area contributed by atoms with E-state index in [9.17, 15) is 4.79 Å². The number of nitrogens with two attached hydrogens (primary N) is 2. The average molecular weight is 313 g/mol. The quantitative estimate of drug-likeness (QED) is 0.615. The monoisotopic (exact) mass is 313 g/mol. The molecule has 0 aliphatic rings. The molecule has 8 nitrogen and oxygen atoms in total. The van der Waals surface area contributed by atoms with E-state index in [1.165, 1.54) is 18.0 Å². The van der Waals surface area contributed by atoms with Crippen LogP contribution < -0.4 is 11.5 Å². The maximum Gasteiger partial charge on any atom is 0.254 e. The van der Waals surface area contributed by atoms with Crippen molar-refractivity contribution in [2.24, 2.45) is 26.4 Å². The summed E-state index contributed by atoms with van der Waals surface area (Å²) in [5.41, 5.74) is 11.7. The van der Waals surface area contributed by atoms with E-state index in [1.807, 2.05) is 6.07 Å². The van der Waals surface area contributed by atoms with Gasteiger partial charge in [0.15, 0.2) is 5.84 Å². The minimum absolute atomic E-state index is 0.0322. The van der Waals surface area contributed by atoms with Crippen molar-refractivity contribution in [3.8, 4) is 6.07 Å². The molecule has 0 fully saturated rings. The first-order valence-electron chi connectivity index (χ1n) is 6.77. The summed E-state index contributed by atoms with van der Waals surface area (Å²) in [6.45, 7) is 1.74. The Morgan fingerprint density at radius 3 is 2.74 bits per heavy atom. The van der Waals surface area contributed by atoms with Crippen LogP contribution in [-0.2, 0) is 0 Å². The van der Waals surface area contributed by atoms with Gasteiger partial charge < -0.3 is 16.4 Å². The molecule has 1 amide bonds. The fraction of sp³-hybridized carbons (Fsp3) is 0.267. The lowest BCUT2D eigenvalue weighted by Gasteiger charge is -2.24. The van der Waals surface area contributed by atoms with Crippen molar-refractivity contribution in [1.29, 1.82) is 5.26 Å². The summed E-state index contributed by atoms with van der Waals surface area (Å²) in [6, 6.07) is 7.95. The van der Waals surface area contributed by atoms with Gasteiger partial charge in [0, 0.05) is 19.7 Å². The van der Waals surface area contributed by atoms with E-state index in [0.717, 1.165) is 6.34 Å². The van der Waals surface area contributed by atoms with Crippen LogP contribution in [0.15, 0.2) is 39.2 Å². The fourth-order valence-electron chi connectivity index (χ4n) is 1.75. The predicted octanol–water partition coefficient (Wildman–Crippen LogP) is 0.349. The number of carbonyl (C=O) groups is 1. The maximum absolute atomic E-state index is 12.5. The van der Waals surface area contributed by atoms with Crippen LogP contribution in [-0.4, -0.2) is 49.1 Å². The Labute approximate surface area is 134 Å². The maximum atomic E-state index is 12.5. The molecule has 4 N–H and O–H groups in total. The van der Waals surface area contributed by atoms with Gasteiger partial charge >= 0.3 is 0 Å². The summed E-state index contributed by atoms with van der Waals surface area (Å²) in [5.74, 6) is 0.00851. The van der Waals surface area contributed by atoms with Gasteiger partial charge in [-0.1, -0.05) is 6.07 Å². The number of aliphatic imine (C=N–C) groups is 3. The Balaban J connectivity index is 3.10. The molecule has 8 heteroatoms. The number of guanidine groups is 1. The van der Waals surface area contributed by atoms with Crippen LogP contribution in [0.2, 0.25) is 0 Å². The van der Waals surface area contributed by atoms with Crippen LogP contribution in [0.3, 0.4) is 0 Å². The van der Waals surface area contributed by atoms with Gasteiger partial charge in [0.25, 0.3) is 5.91 Å². The van der Waals surface area contributed by atoms with Crippen LogP contribution in [0.1, 0.15) is 22.8 Å². The first kappa shape index (κ1) is 17.8. The number of hydrogen-bond acceptors (Lipinski definition) is 3. The van der Waals surface area contributed by atoms with Crippen molar-refractivity contribution in [3.63, 3.8) is 0 Å². The molecule has 1 aromatic carbocycles. The number of rotatable bonds is 3. The van der Waals surface area contributed by atoms with Crippen LogP contribution in [0, 0.1) is 11.3 Å². The standard InChI is InChI=1S/C15H19N7O/c1-10(13(20-9-17)21-15(18)19-2)22(3)14(23)12-6-4-5-11(7-12)8-16/h4-7,9-10H,1-3H3,(H4,17,18,19,20,21). The molecule has 0 spiro atoms. The van der Waals surface area contributed by atoms with Gasteiger partial charge in [-0.2, -0.15) is 10.3 Å². The Bertz CT molecular complexity index is 700. The van der Waals surface area contributed by atoms with Gasteiger partial charge in [0.2, 0.25) is 5.96 Å². The van der Waals surface area contributed by atoms with E-state index in [4.69, 9.17) is 16.7 Å². The first-order chi connectivity index (χ1) is 10.9. The molecule has 1 atom stereocenters. The molecule has 0 saturated carbocycles. The van der Waals surface area contributed by atoms with Crippen molar-refractivity contribution < 1.29 is 4.79 Å². The SMILES string of the molecule is CN=C(N)N=C(N=CN)C(C)N(C)C(=O)c1cccc(C#N)c1. The zero-order valence-corrected chi connectivity index (χ0v) is 13.3. The molecule has 1 aromatic rings. The van der Waals surface area contributed by atoms with E-state index in [1.54, 1.807) is 32.2 Å². The van der Waals surface area contributed by atoms with Gasteiger partial charge in [-0.3, -0.25) is 9.79 Å². The minimum Gasteiger partial charge on any atom is -0.390 e. The molecular formula is C15H19N7O. The van der Waals surface area contributed by atoms with Crippen molar-refractivity contribution >= 4 is 24.0 Å². The highest BCUT2D eigenvalue weighted by atomic mass is 16.2. The summed E-state index contributed by atoms with van der Waals surface area (Å²) < 4.78 is 0. The van der Waals surface area contributed by atoms with Crippen LogP contribution in [0.5, 0.6) is 0 Å². The number of benzene rings is 1. The number of amides is 1. The number of likely N-dealkylation sites (N-methyl/N-ethyl adjacent to an activating group) is 1. The van der Waals surface area contributed by atoms with E-state index < -0.39 is 6.04 Å². The second-order valence-electron chi connectivity index (χ2n) is 4.61. The zero-order valence-electron chi connectivity index (χ0n) is 13.3. The van der Waals surface area contributed by atoms with E-state index in [0.29, 0.717) is 11.1 Å². The summed E-state index contributed by atoms with van der Waals surface area (Å²) in [6.07, 6.45) is 1.08. The third-order valence-corrected chi connectivity index (χ3v) is 3.18. The van der Waals surface area contributed by atoms with E-state index >= 15 is 0 Å². The molecule has 23 heavy (non-hydrogen) atoms. The molecular weight excluding hydrogens is 294 g/mol. The molecule has 1 unspecified atom stereocenters. The largest absolute Gasteiger partial charge is 0.390 e. The van der Waals surface area contributed by atoms with Gasteiger partial charge in [0.05, 0.1) is 24.0 Å². The Kier molecular flexibility index (Phi) is 6.43. The highest BCUT2D eigenvalue weighted by Crippen LogP contribution is 2.10. The minimum atomic E-state index is -0.492. The normalized spacial score (nSPS) is 13.7.